The van der Waals surface area contributed by atoms with Crippen LogP contribution in [0.2, 0.25) is 0 Å². The number of ether oxygens (including phenoxy) is 1. The number of halogens is 1. The molecule has 1 aromatic rings. The normalized spacial score (nSPS) is 9.75. The number of hydrogen-bond acceptors (Lipinski definition) is 3. The molecule has 4 nitrogen and oxygen atoms in total. The van der Waals surface area contributed by atoms with Gasteiger partial charge in [0.15, 0.2) is 0 Å². The highest BCUT2D eigenvalue weighted by Gasteiger charge is 2.07. The van der Waals surface area contributed by atoms with Gasteiger partial charge in [0.2, 0.25) is 5.91 Å². The average Bonchev–Trinajstić information content (AvgIpc) is 2.39. The van der Waals surface area contributed by atoms with E-state index in [0.29, 0.717) is 12.2 Å². The Morgan fingerprint density at radius 1 is 1.25 bits per heavy atom. The molecule has 0 radical (unpaired) electrons. The van der Waals surface area contributed by atoms with Crippen LogP contribution in [0.3, 0.4) is 0 Å². The van der Waals surface area contributed by atoms with Crippen molar-refractivity contribution in [2.75, 3.05) is 19.0 Å². The van der Waals surface area contributed by atoms with Crippen molar-refractivity contribution in [3.8, 4) is 5.75 Å². The molecule has 0 aliphatic heterocycles. The summed E-state index contributed by atoms with van der Waals surface area (Å²) in [6, 6.07) is 5.75. The van der Waals surface area contributed by atoms with E-state index in [9.17, 15) is 4.79 Å². The van der Waals surface area contributed by atoms with Gasteiger partial charge >= 0.3 is 0 Å². The lowest BCUT2D eigenvalue weighted by Crippen LogP contribution is -2.12. The molecule has 1 aromatic carbocycles. The highest BCUT2D eigenvalue weighted by molar-refractivity contribution is 5.92. The van der Waals surface area contributed by atoms with E-state index in [0.717, 1.165) is 43.5 Å². The summed E-state index contributed by atoms with van der Waals surface area (Å²) in [6.07, 6.45) is 4.63. The van der Waals surface area contributed by atoms with Gasteiger partial charge in [-0.1, -0.05) is 18.9 Å². The van der Waals surface area contributed by atoms with E-state index < -0.39 is 0 Å². The summed E-state index contributed by atoms with van der Waals surface area (Å²) < 4.78 is 5.23. The van der Waals surface area contributed by atoms with Gasteiger partial charge in [0.1, 0.15) is 5.75 Å². The molecule has 114 valence electrons. The highest BCUT2D eigenvalue weighted by atomic mass is 35.5. The topological polar surface area (TPSA) is 64.3 Å². The Kier molecular flexibility index (Phi) is 9.86. The fourth-order valence-electron chi connectivity index (χ4n) is 1.92. The van der Waals surface area contributed by atoms with E-state index >= 15 is 0 Å². The third-order valence-corrected chi connectivity index (χ3v) is 2.99. The maximum atomic E-state index is 11.8. The van der Waals surface area contributed by atoms with Crippen LogP contribution in [0.25, 0.3) is 0 Å². The maximum Gasteiger partial charge on any atom is 0.224 e. The van der Waals surface area contributed by atoms with Crippen molar-refractivity contribution in [1.29, 1.82) is 0 Å². The second-order valence-electron chi connectivity index (χ2n) is 4.70. The molecule has 0 fully saturated rings. The summed E-state index contributed by atoms with van der Waals surface area (Å²) in [4.78, 5) is 11.8. The molecule has 1 rings (SSSR count). The lowest BCUT2D eigenvalue weighted by molar-refractivity contribution is -0.116. The Bertz CT molecular complexity index is 411. The minimum Gasteiger partial charge on any atom is -0.495 e. The number of hydrogen-bond donors (Lipinski definition) is 2. The zero-order valence-corrected chi connectivity index (χ0v) is 13.1. The first-order chi connectivity index (χ1) is 9.17. The van der Waals surface area contributed by atoms with Gasteiger partial charge in [-0.3, -0.25) is 4.79 Å². The molecule has 1 amide bonds. The van der Waals surface area contributed by atoms with Crippen LogP contribution in [0.4, 0.5) is 5.69 Å². The molecule has 0 aromatic heterocycles. The smallest absolute Gasteiger partial charge is 0.224 e. The van der Waals surface area contributed by atoms with E-state index in [-0.39, 0.29) is 18.3 Å². The quantitative estimate of drug-likeness (QED) is 0.724. The summed E-state index contributed by atoms with van der Waals surface area (Å²) in [5.74, 6) is 0.735. The number of aryl methyl sites for hydroxylation is 1. The molecule has 3 N–H and O–H groups in total. The van der Waals surface area contributed by atoms with Crippen molar-refractivity contribution in [3.05, 3.63) is 23.8 Å². The number of carbonyl (C=O) groups excluding carboxylic acids is 1. The van der Waals surface area contributed by atoms with Gasteiger partial charge < -0.3 is 15.8 Å². The molecule has 0 unspecified atom stereocenters. The molecule has 0 heterocycles. The molecule has 0 aliphatic carbocycles. The molecule has 0 saturated heterocycles. The van der Waals surface area contributed by atoms with Gasteiger partial charge in [-0.2, -0.15) is 0 Å². The zero-order chi connectivity index (χ0) is 14.1. The first-order valence-electron chi connectivity index (χ1n) is 6.82. The van der Waals surface area contributed by atoms with Crippen LogP contribution >= 0.6 is 12.4 Å². The molecule has 0 bridgehead atoms. The first kappa shape index (κ1) is 18.7. The van der Waals surface area contributed by atoms with Crippen LogP contribution in [-0.2, 0) is 4.79 Å². The van der Waals surface area contributed by atoms with Gasteiger partial charge in [0.05, 0.1) is 12.8 Å². The number of methoxy groups -OCH3 is 1. The van der Waals surface area contributed by atoms with Crippen LogP contribution in [0.5, 0.6) is 5.75 Å². The molecular formula is C15H25ClN2O2. The van der Waals surface area contributed by atoms with E-state index in [1.807, 2.05) is 25.1 Å². The number of carbonyl (C=O) groups is 1. The molecule has 0 aliphatic rings. The van der Waals surface area contributed by atoms with Gasteiger partial charge in [-0.25, -0.2) is 0 Å². The number of nitrogens with two attached hydrogens (primary N) is 1. The van der Waals surface area contributed by atoms with E-state index in [1.54, 1.807) is 7.11 Å². The molecule has 20 heavy (non-hydrogen) atoms. The third kappa shape index (κ3) is 6.78. The average molecular weight is 301 g/mol. The SMILES string of the molecule is COc1ccc(C)cc1NC(=O)CCCCCCN.Cl. The van der Waals surface area contributed by atoms with E-state index in [4.69, 9.17) is 10.5 Å². The Labute approximate surface area is 127 Å². The Morgan fingerprint density at radius 3 is 2.60 bits per heavy atom. The van der Waals surface area contributed by atoms with Crippen molar-refractivity contribution < 1.29 is 9.53 Å². The van der Waals surface area contributed by atoms with E-state index in [1.165, 1.54) is 0 Å². The number of unbranched alkanes of at least 4 members (excludes halogenated alkanes) is 3. The Morgan fingerprint density at radius 2 is 1.95 bits per heavy atom. The van der Waals surface area contributed by atoms with Crippen LogP contribution in [0.1, 0.15) is 37.7 Å². The standard InChI is InChI=1S/C15H24N2O2.ClH/c1-12-8-9-14(19-2)13(11-12)17-15(18)7-5-3-4-6-10-16;/h8-9,11H,3-7,10,16H2,1-2H3,(H,17,18);1H. The lowest BCUT2D eigenvalue weighted by atomic mass is 10.1. The lowest BCUT2D eigenvalue weighted by Gasteiger charge is -2.11. The minimum atomic E-state index is 0. The van der Waals surface area contributed by atoms with Gasteiger partial charge in [0, 0.05) is 6.42 Å². The molecule has 0 atom stereocenters. The van der Waals surface area contributed by atoms with Crippen LogP contribution in [0, 0.1) is 6.92 Å². The number of rotatable bonds is 8. The van der Waals surface area contributed by atoms with Gasteiger partial charge in [-0.15, -0.1) is 12.4 Å². The Hall–Kier alpha value is -1.26. The first-order valence-corrected chi connectivity index (χ1v) is 6.82. The fourth-order valence-corrected chi connectivity index (χ4v) is 1.92. The summed E-state index contributed by atoms with van der Waals surface area (Å²) in [5, 5.41) is 2.90. The number of anilines is 1. The largest absolute Gasteiger partial charge is 0.495 e. The Balaban J connectivity index is 0.00000361. The predicted molar refractivity (Wildman–Crippen MR) is 85.7 cm³/mol. The number of benzene rings is 1. The number of amides is 1. The van der Waals surface area contributed by atoms with Crippen LogP contribution < -0.4 is 15.8 Å². The number of nitrogens with one attached hydrogen (secondary N) is 1. The minimum absolute atomic E-state index is 0. The summed E-state index contributed by atoms with van der Waals surface area (Å²) >= 11 is 0. The monoisotopic (exact) mass is 300 g/mol. The second-order valence-corrected chi connectivity index (χ2v) is 4.70. The second kappa shape index (κ2) is 10.5. The molecule has 0 spiro atoms. The predicted octanol–water partition coefficient (Wildman–Crippen LogP) is 3.27. The summed E-state index contributed by atoms with van der Waals surface area (Å²) in [6.45, 7) is 2.72. The van der Waals surface area contributed by atoms with Crippen molar-refractivity contribution in [2.45, 2.75) is 39.0 Å². The van der Waals surface area contributed by atoms with Crippen LogP contribution in [0.15, 0.2) is 18.2 Å². The maximum absolute atomic E-state index is 11.8. The zero-order valence-electron chi connectivity index (χ0n) is 12.3. The van der Waals surface area contributed by atoms with E-state index in [2.05, 4.69) is 5.32 Å². The summed E-state index contributed by atoms with van der Waals surface area (Å²) in [7, 11) is 1.60. The van der Waals surface area contributed by atoms with Crippen molar-refractivity contribution in [1.82, 2.24) is 0 Å². The highest BCUT2D eigenvalue weighted by Crippen LogP contribution is 2.25. The fraction of sp³-hybridized carbons (Fsp3) is 0.533. The van der Waals surface area contributed by atoms with Crippen LogP contribution in [-0.4, -0.2) is 19.6 Å². The third-order valence-electron chi connectivity index (χ3n) is 2.99. The van der Waals surface area contributed by atoms with Gasteiger partial charge in [-0.05, 0) is 44.0 Å². The van der Waals surface area contributed by atoms with Crippen molar-refractivity contribution in [2.24, 2.45) is 5.73 Å². The van der Waals surface area contributed by atoms with Crippen molar-refractivity contribution >= 4 is 24.0 Å². The van der Waals surface area contributed by atoms with Gasteiger partial charge in [0.25, 0.3) is 0 Å². The molecule has 0 saturated carbocycles. The van der Waals surface area contributed by atoms with Crippen molar-refractivity contribution in [3.63, 3.8) is 0 Å². The molecular weight excluding hydrogens is 276 g/mol. The molecule has 5 heteroatoms. The summed E-state index contributed by atoms with van der Waals surface area (Å²) in [5.41, 5.74) is 7.27.